The lowest BCUT2D eigenvalue weighted by molar-refractivity contribution is -0.120. The standard InChI is InChI=1S/C11H18N2OS.ClH/c1-3-12-6-7-13-11(14)8-10-5-4-9(2)15-10;/h4-5,12H,3,6-8H2,1-2H3,(H,13,14);1H. The number of likely N-dealkylation sites (N-methyl/N-ethyl adjacent to an activating group) is 1. The van der Waals surface area contributed by atoms with Crippen molar-refractivity contribution in [1.29, 1.82) is 0 Å². The lowest BCUT2D eigenvalue weighted by Crippen LogP contribution is -2.32. The van der Waals surface area contributed by atoms with E-state index in [1.54, 1.807) is 11.3 Å². The third kappa shape index (κ3) is 6.10. The second kappa shape index (κ2) is 8.56. The molecule has 2 N–H and O–H groups in total. The molecular formula is C11H19ClN2OS. The van der Waals surface area contributed by atoms with E-state index in [1.807, 2.05) is 12.1 Å². The molecule has 16 heavy (non-hydrogen) atoms. The van der Waals surface area contributed by atoms with E-state index in [4.69, 9.17) is 0 Å². The number of carbonyl (C=O) groups is 1. The van der Waals surface area contributed by atoms with Crippen LogP contribution in [0, 0.1) is 6.92 Å². The Morgan fingerprint density at radius 3 is 2.69 bits per heavy atom. The zero-order valence-corrected chi connectivity index (χ0v) is 11.3. The van der Waals surface area contributed by atoms with Gasteiger partial charge in [-0.15, -0.1) is 23.7 Å². The molecule has 1 rings (SSSR count). The quantitative estimate of drug-likeness (QED) is 0.767. The van der Waals surface area contributed by atoms with Gasteiger partial charge in [-0.1, -0.05) is 6.92 Å². The average Bonchev–Trinajstić information content (AvgIpc) is 2.59. The molecular weight excluding hydrogens is 244 g/mol. The molecule has 0 atom stereocenters. The number of hydrogen-bond donors (Lipinski definition) is 2. The fraction of sp³-hybridized carbons (Fsp3) is 0.545. The van der Waals surface area contributed by atoms with E-state index in [1.165, 1.54) is 4.88 Å². The van der Waals surface area contributed by atoms with Crippen molar-refractivity contribution in [3.05, 3.63) is 21.9 Å². The molecule has 0 saturated heterocycles. The van der Waals surface area contributed by atoms with Gasteiger partial charge < -0.3 is 10.6 Å². The van der Waals surface area contributed by atoms with E-state index >= 15 is 0 Å². The van der Waals surface area contributed by atoms with Crippen LogP contribution in [0.2, 0.25) is 0 Å². The molecule has 1 aromatic heterocycles. The highest BCUT2D eigenvalue weighted by Crippen LogP contribution is 2.15. The molecule has 5 heteroatoms. The fourth-order valence-corrected chi connectivity index (χ4v) is 2.16. The molecule has 0 bridgehead atoms. The van der Waals surface area contributed by atoms with Crippen LogP contribution in [0.4, 0.5) is 0 Å². The molecule has 0 radical (unpaired) electrons. The maximum Gasteiger partial charge on any atom is 0.225 e. The van der Waals surface area contributed by atoms with Gasteiger partial charge in [0.2, 0.25) is 5.91 Å². The number of thiophene rings is 1. The van der Waals surface area contributed by atoms with Crippen molar-refractivity contribution in [1.82, 2.24) is 10.6 Å². The Morgan fingerprint density at radius 2 is 2.12 bits per heavy atom. The predicted octanol–water partition coefficient (Wildman–Crippen LogP) is 1.75. The van der Waals surface area contributed by atoms with Gasteiger partial charge in [-0.2, -0.15) is 0 Å². The van der Waals surface area contributed by atoms with Gasteiger partial charge in [0.25, 0.3) is 0 Å². The third-order valence-corrected chi connectivity index (χ3v) is 3.01. The van der Waals surface area contributed by atoms with Crippen LogP contribution in [0.5, 0.6) is 0 Å². The van der Waals surface area contributed by atoms with Crippen molar-refractivity contribution in [2.45, 2.75) is 20.3 Å². The van der Waals surface area contributed by atoms with Crippen molar-refractivity contribution in [2.75, 3.05) is 19.6 Å². The van der Waals surface area contributed by atoms with Crippen molar-refractivity contribution in [3.8, 4) is 0 Å². The van der Waals surface area contributed by atoms with Crippen LogP contribution in [-0.4, -0.2) is 25.5 Å². The lowest BCUT2D eigenvalue weighted by Gasteiger charge is -2.04. The molecule has 1 heterocycles. The summed E-state index contributed by atoms with van der Waals surface area (Å²) >= 11 is 1.68. The zero-order chi connectivity index (χ0) is 11.1. The summed E-state index contributed by atoms with van der Waals surface area (Å²) < 4.78 is 0. The van der Waals surface area contributed by atoms with Crippen molar-refractivity contribution in [3.63, 3.8) is 0 Å². The molecule has 0 unspecified atom stereocenters. The topological polar surface area (TPSA) is 41.1 Å². The maximum atomic E-state index is 11.5. The fourth-order valence-electron chi connectivity index (χ4n) is 1.27. The van der Waals surface area contributed by atoms with E-state index < -0.39 is 0 Å². The normalized spacial score (nSPS) is 9.62. The first-order valence-corrected chi connectivity index (χ1v) is 6.06. The SMILES string of the molecule is CCNCCNC(=O)Cc1ccc(C)s1.Cl. The highest BCUT2D eigenvalue weighted by molar-refractivity contribution is 7.12. The molecule has 0 spiro atoms. The molecule has 0 saturated carbocycles. The number of amides is 1. The van der Waals surface area contributed by atoms with Crippen molar-refractivity contribution < 1.29 is 4.79 Å². The Morgan fingerprint density at radius 1 is 1.38 bits per heavy atom. The predicted molar refractivity (Wildman–Crippen MR) is 71.6 cm³/mol. The molecule has 92 valence electrons. The van der Waals surface area contributed by atoms with Gasteiger partial charge >= 0.3 is 0 Å². The summed E-state index contributed by atoms with van der Waals surface area (Å²) in [5.74, 6) is 0.106. The minimum atomic E-state index is 0. The molecule has 3 nitrogen and oxygen atoms in total. The molecule has 0 aromatic carbocycles. The van der Waals surface area contributed by atoms with Gasteiger partial charge in [0.05, 0.1) is 6.42 Å². The first kappa shape index (κ1) is 15.4. The van der Waals surface area contributed by atoms with Gasteiger partial charge in [-0.3, -0.25) is 4.79 Å². The monoisotopic (exact) mass is 262 g/mol. The Labute approximate surface area is 107 Å². The number of aryl methyl sites for hydroxylation is 1. The summed E-state index contributed by atoms with van der Waals surface area (Å²) in [5.41, 5.74) is 0. The Hall–Kier alpha value is -0.580. The summed E-state index contributed by atoms with van der Waals surface area (Å²) in [6, 6.07) is 4.07. The minimum Gasteiger partial charge on any atom is -0.355 e. The zero-order valence-electron chi connectivity index (χ0n) is 9.71. The average molecular weight is 263 g/mol. The largest absolute Gasteiger partial charge is 0.355 e. The second-order valence-corrected chi connectivity index (χ2v) is 4.77. The summed E-state index contributed by atoms with van der Waals surface area (Å²) in [7, 11) is 0. The van der Waals surface area contributed by atoms with Gasteiger partial charge in [-0.05, 0) is 25.6 Å². The summed E-state index contributed by atoms with van der Waals surface area (Å²) in [6.45, 7) is 6.59. The Kier molecular flexibility index (Phi) is 8.25. The van der Waals surface area contributed by atoms with E-state index in [9.17, 15) is 4.79 Å². The van der Waals surface area contributed by atoms with Crippen LogP contribution in [0.15, 0.2) is 12.1 Å². The van der Waals surface area contributed by atoms with E-state index in [2.05, 4.69) is 24.5 Å². The first-order valence-electron chi connectivity index (χ1n) is 5.25. The van der Waals surface area contributed by atoms with E-state index in [-0.39, 0.29) is 18.3 Å². The van der Waals surface area contributed by atoms with Crippen LogP contribution in [-0.2, 0) is 11.2 Å². The minimum absolute atomic E-state index is 0. The van der Waals surface area contributed by atoms with Crippen LogP contribution in [0.25, 0.3) is 0 Å². The number of hydrogen-bond acceptors (Lipinski definition) is 3. The lowest BCUT2D eigenvalue weighted by atomic mass is 10.3. The van der Waals surface area contributed by atoms with Crippen LogP contribution in [0.3, 0.4) is 0 Å². The van der Waals surface area contributed by atoms with Gasteiger partial charge in [-0.25, -0.2) is 0 Å². The molecule has 1 amide bonds. The van der Waals surface area contributed by atoms with Gasteiger partial charge in [0.15, 0.2) is 0 Å². The Bertz CT molecular complexity index is 315. The third-order valence-electron chi connectivity index (χ3n) is 2.00. The number of halogens is 1. The maximum absolute atomic E-state index is 11.5. The number of carbonyl (C=O) groups excluding carboxylic acids is 1. The Balaban J connectivity index is 0.00000225. The molecule has 0 aliphatic rings. The first-order chi connectivity index (χ1) is 7.22. The summed E-state index contributed by atoms with van der Waals surface area (Å²) in [5, 5.41) is 6.04. The van der Waals surface area contributed by atoms with Crippen LogP contribution >= 0.6 is 23.7 Å². The highest BCUT2D eigenvalue weighted by Gasteiger charge is 2.03. The molecule has 0 aliphatic heterocycles. The second-order valence-electron chi connectivity index (χ2n) is 3.39. The summed E-state index contributed by atoms with van der Waals surface area (Å²) in [4.78, 5) is 13.8. The molecule has 0 aliphatic carbocycles. The van der Waals surface area contributed by atoms with Gasteiger partial charge in [0.1, 0.15) is 0 Å². The molecule has 1 aromatic rings. The van der Waals surface area contributed by atoms with Crippen LogP contribution in [0.1, 0.15) is 16.7 Å². The van der Waals surface area contributed by atoms with E-state index in [0.717, 1.165) is 18.0 Å². The smallest absolute Gasteiger partial charge is 0.225 e. The van der Waals surface area contributed by atoms with Gasteiger partial charge in [0, 0.05) is 22.8 Å². The number of rotatable bonds is 6. The van der Waals surface area contributed by atoms with E-state index in [0.29, 0.717) is 13.0 Å². The highest BCUT2D eigenvalue weighted by atomic mass is 35.5. The van der Waals surface area contributed by atoms with Crippen LogP contribution < -0.4 is 10.6 Å². The van der Waals surface area contributed by atoms with Crippen molar-refractivity contribution in [2.24, 2.45) is 0 Å². The van der Waals surface area contributed by atoms with Crippen molar-refractivity contribution >= 4 is 29.7 Å². The summed E-state index contributed by atoms with van der Waals surface area (Å²) in [6.07, 6.45) is 0.505. The molecule has 0 fully saturated rings. The number of nitrogens with one attached hydrogen (secondary N) is 2.